The normalized spacial score (nSPS) is 17.3. The van der Waals surface area contributed by atoms with Gasteiger partial charge in [-0.2, -0.15) is 0 Å². The molecule has 21 heavy (non-hydrogen) atoms. The Labute approximate surface area is 120 Å². The van der Waals surface area contributed by atoms with E-state index in [0.29, 0.717) is 11.4 Å². The van der Waals surface area contributed by atoms with Crippen LogP contribution in [-0.4, -0.2) is 23.1 Å². The Bertz CT molecular complexity index is 706. The summed E-state index contributed by atoms with van der Waals surface area (Å²) in [6.07, 6.45) is 0.683. The van der Waals surface area contributed by atoms with Crippen molar-refractivity contribution in [2.24, 2.45) is 0 Å². The molecule has 0 saturated carbocycles. The van der Waals surface area contributed by atoms with Crippen molar-refractivity contribution in [3.8, 4) is 5.75 Å². The molecule has 2 heterocycles. The molecule has 1 aliphatic heterocycles. The van der Waals surface area contributed by atoms with Gasteiger partial charge in [0.15, 0.2) is 6.10 Å². The van der Waals surface area contributed by atoms with E-state index < -0.39 is 12.1 Å². The van der Waals surface area contributed by atoms with Crippen LogP contribution in [0.15, 0.2) is 41.0 Å². The zero-order valence-corrected chi connectivity index (χ0v) is 11.3. The van der Waals surface area contributed by atoms with E-state index in [1.807, 2.05) is 6.07 Å². The first-order chi connectivity index (χ1) is 10.1. The number of ether oxygens (including phenoxy) is 1. The number of hydrogen-bond acceptors (Lipinski definition) is 4. The van der Waals surface area contributed by atoms with Gasteiger partial charge in [0.1, 0.15) is 17.1 Å². The van der Waals surface area contributed by atoms with E-state index in [9.17, 15) is 9.59 Å². The quantitative estimate of drug-likeness (QED) is 0.936. The van der Waals surface area contributed by atoms with Crippen LogP contribution in [0.3, 0.4) is 0 Å². The van der Waals surface area contributed by atoms with Crippen LogP contribution < -0.4 is 9.64 Å². The van der Waals surface area contributed by atoms with Gasteiger partial charge in [-0.25, -0.2) is 4.79 Å². The summed E-state index contributed by atoms with van der Waals surface area (Å²) >= 11 is 0. The Morgan fingerprint density at radius 2 is 2.10 bits per heavy atom. The number of carbonyl (C=O) groups excluding carboxylic acids is 1. The minimum absolute atomic E-state index is 0.0537. The van der Waals surface area contributed by atoms with E-state index in [1.54, 1.807) is 25.1 Å². The molecule has 0 aliphatic carbocycles. The Kier molecular flexibility index (Phi) is 3.13. The number of nitrogens with zero attached hydrogens (tertiary/aromatic N) is 1. The van der Waals surface area contributed by atoms with Crippen molar-refractivity contribution in [1.29, 1.82) is 0 Å². The van der Waals surface area contributed by atoms with E-state index in [2.05, 4.69) is 0 Å². The summed E-state index contributed by atoms with van der Waals surface area (Å²) in [4.78, 5) is 24.9. The van der Waals surface area contributed by atoms with Crippen LogP contribution >= 0.6 is 0 Å². The summed E-state index contributed by atoms with van der Waals surface area (Å²) in [6.45, 7) is 1.71. The SMILES string of the molecule is CC1Oc2ccccc2N(Cc2occc2C(=O)O)C1=O. The molecule has 1 aromatic carbocycles. The van der Waals surface area contributed by atoms with Gasteiger partial charge in [0.05, 0.1) is 18.5 Å². The molecule has 1 unspecified atom stereocenters. The van der Waals surface area contributed by atoms with Crippen molar-refractivity contribution in [3.05, 3.63) is 47.9 Å². The number of amides is 1. The lowest BCUT2D eigenvalue weighted by atomic mass is 10.1. The number of aromatic carboxylic acids is 1. The fourth-order valence-electron chi connectivity index (χ4n) is 2.32. The fourth-order valence-corrected chi connectivity index (χ4v) is 2.32. The Hall–Kier alpha value is -2.76. The molecule has 1 amide bonds. The minimum Gasteiger partial charge on any atom is -0.479 e. The van der Waals surface area contributed by atoms with Gasteiger partial charge in [0.25, 0.3) is 5.91 Å². The van der Waals surface area contributed by atoms with Crippen molar-refractivity contribution >= 4 is 17.6 Å². The van der Waals surface area contributed by atoms with E-state index in [-0.39, 0.29) is 23.8 Å². The number of rotatable bonds is 3. The molecule has 0 spiro atoms. The van der Waals surface area contributed by atoms with Gasteiger partial charge in [-0.1, -0.05) is 12.1 Å². The van der Waals surface area contributed by atoms with Crippen molar-refractivity contribution < 1.29 is 23.8 Å². The van der Waals surface area contributed by atoms with Crippen LogP contribution in [-0.2, 0) is 11.3 Å². The molecular formula is C15H13NO5. The van der Waals surface area contributed by atoms with Crippen molar-refractivity contribution in [2.75, 3.05) is 4.90 Å². The van der Waals surface area contributed by atoms with Gasteiger partial charge in [-0.05, 0) is 25.1 Å². The monoisotopic (exact) mass is 287 g/mol. The average molecular weight is 287 g/mol. The smallest absolute Gasteiger partial charge is 0.339 e. The van der Waals surface area contributed by atoms with Crippen LogP contribution in [0, 0.1) is 0 Å². The third-order valence-electron chi connectivity index (χ3n) is 3.35. The minimum atomic E-state index is -1.08. The lowest BCUT2D eigenvalue weighted by Gasteiger charge is -2.32. The highest BCUT2D eigenvalue weighted by molar-refractivity contribution is 6.00. The number of carbonyl (C=O) groups is 2. The Morgan fingerprint density at radius 3 is 2.86 bits per heavy atom. The number of carboxylic acid groups (broad SMARTS) is 1. The summed E-state index contributed by atoms with van der Waals surface area (Å²) < 4.78 is 10.7. The number of benzene rings is 1. The number of furan rings is 1. The Morgan fingerprint density at radius 1 is 1.33 bits per heavy atom. The highest BCUT2D eigenvalue weighted by Crippen LogP contribution is 2.35. The van der Waals surface area contributed by atoms with Crippen molar-refractivity contribution in [3.63, 3.8) is 0 Å². The predicted molar refractivity (Wildman–Crippen MR) is 73.4 cm³/mol. The van der Waals surface area contributed by atoms with Crippen LogP contribution in [0.4, 0.5) is 5.69 Å². The first-order valence-corrected chi connectivity index (χ1v) is 6.44. The van der Waals surface area contributed by atoms with Gasteiger partial charge in [-0.3, -0.25) is 9.69 Å². The number of fused-ring (bicyclic) bond motifs is 1. The first-order valence-electron chi connectivity index (χ1n) is 6.44. The van der Waals surface area contributed by atoms with E-state index in [1.165, 1.54) is 17.2 Å². The largest absolute Gasteiger partial charge is 0.479 e. The predicted octanol–water partition coefficient (Wildman–Crippen LogP) is 2.29. The van der Waals surface area contributed by atoms with Crippen molar-refractivity contribution in [2.45, 2.75) is 19.6 Å². The summed E-state index contributed by atoms with van der Waals surface area (Å²) in [7, 11) is 0. The molecule has 3 rings (SSSR count). The second-order valence-electron chi connectivity index (χ2n) is 4.71. The summed E-state index contributed by atoms with van der Waals surface area (Å²) in [6, 6.07) is 8.50. The summed E-state index contributed by atoms with van der Waals surface area (Å²) in [5, 5.41) is 9.11. The summed E-state index contributed by atoms with van der Waals surface area (Å²) in [5.41, 5.74) is 0.660. The number of anilines is 1. The molecule has 1 atom stereocenters. The number of para-hydroxylation sites is 2. The zero-order valence-electron chi connectivity index (χ0n) is 11.3. The van der Waals surface area contributed by atoms with Crippen LogP contribution in [0.5, 0.6) is 5.75 Å². The van der Waals surface area contributed by atoms with Crippen LogP contribution in [0.1, 0.15) is 23.0 Å². The third kappa shape index (κ3) is 2.24. The molecule has 0 radical (unpaired) electrons. The topological polar surface area (TPSA) is 80.0 Å². The molecule has 6 nitrogen and oxygen atoms in total. The van der Waals surface area contributed by atoms with Gasteiger partial charge >= 0.3 is 5.97 Å². The molecule has 2 aromatic rings. The molecule has 0 fully saturated rings. The van der Waals surface area contributed by atoms with Gasteiger partial charge in [0, 0.05) is 0 Å². The molecule has 6 heteroatoms. The molecule has 108 valence electrons. The number of carboxylic acids is 1. The van der Waals surface area contributed by atoms with E-state index in [0.717, 1.165) is 0 Å². The summed E-state index contributed by atoms with van der Waals surface area (Å²) in [5.74, 6) is -0.491. The maximum absolute atomic E-state index is 12.3. The van der Waals surface area contributed by atoms with Crippen LogP contribution in [0.2, 0.25) is 0 Å². The third-order valence-corrected chi connectivity index (χ3v) is 3.35. The van der Waals surface area contributed by atoms with E-state index in [4.69, 9.17) is 14.3 Å². The molecule has 1 aromatic heterocycles. The second kappa shape index (κ2) is 4.97. The van der Waals surface area contributed by atoms with Gasteiger partial charge in [0.2, 0.25) is 0 Å². The molecule has 1 aliphatic rings. The maximum atomic E-state index is 12.3. The standard InChI is InChI=1S/C15H13NO5/c1-9-14(17)16(11-4-2-3-5-12(11)21-9)8-13-10(15(18)19)6-7-20-13/h2-7,9H,8H2,1H3,(H,18,19). The molecule has 1 N–H and O–H groups in total. The Balaban J connectivity index is 1.99. The van der Waals surface area contributed by atoms with Crippen molar-refractivity contribution in [1.82, 2.24) is 0 Å². The highest BCUT2D eigenvalue weighted by atomic mass is 16.5. The zero-order chi connectivity index (χ0) is 15.0. The van der Waals surface area contributed by atoms with Crippen LogP contribution in [0.25, 0.3) is 0 Å². The lowest BCUT2D eigenvalue weighted by molar-refractivity contribution is -0.125. The fraction of sp³-hybridized carbons (Fsp3) is 0.200. The first kappa shape index (κ1) is 13.2. The molecular weight excluding hydrogens is 274 g/mol. The highest BCUT2D eigenvalue weighted by Gasteiger charge is 2.32. The molecule has 0 bridgehead atoms. The van der Waals surface area contributed by atoms with Gasteiger partial charge in [-0.15, -0.1) is 0 Å². The maximum Gasteiger partial charge on any atom is 0.339 e. The molecule has 0 saturated heterocycles. The van der Waals surface area contributed by atoms with E-state index >= 15 is 0 Å². The lowest BCUT2D eigenvalue weighted by Crippen LogP contribution is -2.44. The average Bonchev–Trinajstić information content (AvgIpc) is 2.92. The second-order valence-corrected chi connectivity index (χ2v) is 4.71. The van der Waals surface area contributed by atoms with Gasteiger partial charge < -0.3 is 14.3 Å². The number of hydrogen-bond donors (Lipinski definition) is 1.